The number of alkyl halides is 1. The second kappa shape index (κ2) is 4.90. The lowest BCUT2D eigenvalue weighted by molar-refractivity contribution is -0.240. The van der Waals surface area contributed by atoms with E-state index in [1.807, 2.05) is 0 Å². The molecule has 31 heavy (non-hydrogen) atoms. The highest BCUT2D eigenvalue weighted by Crippen LogP contribution is 2.84. The van der Waals surface area contributed by atoms with E-state index in [-0.39, 0.29) is 0 Å². The molecule has 4 aliphatic heterocycles. The number of hydrogen-bond acceptors (Lipinski definition) is 10. The summed E-state index contributed by atoms with van der Waals surface area (Å²) in [6.45, 7) is 6.36. The van der Waals surface area contributed by atoms with Crippen LogP contribution < -0.4 is 0 Å². The third kappa shape index (κ3) is 1.43. The van der Waals surface area contributed by atoms with Crippen LogP contribution in [0.1, 0.15) is 27.7 Å². The van der Waals surface area contributed by atoms with Crippen molar-refractivity contribution < 1.29 is 53.0 Å². The number of aliphatic hydroxyl groups excluding tert-OH is 2. The molecular weight excluding hydrogens is 419 g/mol. The van der Waals surface area contributed by atoms with Crippen molar-refractivity contribution in [3.63, 3.8) is 0 Å². The highest BCUT2D eigenvalue weighted by Gasteiger charge is 3.05. The van der Waals surface area contributed by atoms with Gasteiger partial charge in [-0.1, -0.05) is 20.8 Å². The smallest absolute Gasteiger partial charge is 0.343 e. The van der Waals surface area contributed by atoms with Gasteiger partial charge in [-0.2, -0.15) is 0 Å². The van der Waals surface area contributed by atoms with Crippen molar-refractivity contribution in [3.05, 3.63) is 0 Å². The quantitative estimate of drug-likeness (QED) is 0.301. The van der Waals surface area contributed by atoms with Gasteiger partial charge < -0.3 is 34.3 Å². The summed E-state index contributed by atoms with van der Waals surface area (Å²) >= 11 is 0. The second-order valence-electron chi connectivity index (χ2n) is 10.7. The van der Waals surface area contributed by atoms with Gasteiger partial charge in [-0.05, 0) is 12.3 Å². The van der Waals surface area contributed by atoms with Crippen LogP contribution >= 0.6 is 0 Å². The summed E-state index contributed by atoms with van der Waals surface area (Å²) in [7, 11) is 0. The zero-order valence-electron chi connectivity index (χ0n) is 17.2. The summed E-state index contributed by atoms with van der Waals surface area (Å²) in [5.74, 6) is -5.65. The van der Waals surface area contributed by atoms with Crippen LogP contribution in [0.15, 0.2) is 0 Å². The molecule has 4 heterocycles. The molecule has 0 aromatic rings. The first kappa shape index (κ1) is 19.8. The third-order valence-corrected chi connectivity index (χ3v) is 8.91. The second-order valence-corrected chi connectivity index (χ2v) is 10.7. The fraction of sp³-hybridized carbons (Fsp3) is 0.850. The zero-order valence-corrected chi connectivity index (χ0v) is 17.2. The van der Waals surface area contributed by atoms with Crippen LogP contribution in [0.25, 0.3) is 0 Å². The van der Waals surface area contributed by atoms with E-state index in [1.54, 1.807) is 20.8 Å². The van der Waals surface area contributed by atoms with Crippen molar-refractivity contribution in [2.24, 2.45) is 28.1 Å². The van der Waals surface area contributed by atoms with Gasteiger partial charge in [-0.3, -0.25) is 4.79 Å². The minimum atomic E-state index is -2.48. The molecule has 0 bridgehead atoms. The molecule has 4 saturated heterocycles. The van der Waals surface area contributed by atoms with Crippen molar-refractivity contribution in [2.45, 2.75) is 75.8 Å². The summed E-state index contributed by atoms with van der Waals surface area (Å²) in [4.78, 5) is 38.2. The number of halogens is 1. The number of carbonyl (C=O) groups excluding carboxylic acids is 3. The Bertz CT molecular complexity index is 962. The molecule has 10 nitrogen and oxygen atoms in total. The first-order valence-electron chi connectivity index (χ1n) is 10.3. The Morgan fingerprint density at radius 2 is 1.65 bits per heavy atom. The summed E-state index contributed by atoms with van der Waals surface area (Å²) in [5.41, 5.74) is -9.91. The molecule has 0 aromatic carbocycles. The van der Waals surface area contributed by atoms with Crippen LogP contribution in [-0.2, 0) is 33.3 Å². The van der Waals surface area contributed by atoms with Gasteiger partial charge in [0, 0.05) is 5.92 Å². The molecule has 0 aromatic heterocycles. The summed E-state index contributed by atoms with van der Waals surface area (Å²) < 4.78 is 38.1. The molecule has 11 heteroatoms. The number of rotatable bonds is 0. The van der Waals surface area contributed by atoms with Crippen LogP contribution in [0.4, 0.5) is 4.39 Å². The average Bonchev–Trinajstić information content (AvgIpc) is 3.35. The van der Waals surface area contributed by atoms with Crippen LogP contribution in [0.2, 0.25) is 0 Å². The van der Waals surface area contributed by atoms with Crippen LogP contribution in [0.5, 0.6) is 0 Å². The van der Waals surface area contributed by atoms with Gasteiger partial charge in [0.15, 0.2) is 17.8 Å². The fourth-order valence-corrected chi connectivity index (χ4v) is 8.19. The van der Waals surface area contributed by atoms with Crippen LogP contribution in [-0.4, -0.2) is 81.3 Å². The largest absolute Gasteiger partial charge is 0.456 e. The van der Waals surface area contributed by atoms with Gasteiger partial charge in [0.05, 0.1) is 16.7 Å². The SMILES string of the molecule is C[C@@H]1C(=O)O[C@H]2[C@H](O)[C@@]34[C@@H]5OC(=O)[C@]3(O[C@@H]3OC(=O)[C@H](O)[C@]34[C@H](C(C)(C)C)[C@@H]5F)[C@@]12O. The van der Waals surface area contributed by atoms with E-state index in [1.165, 1.54) is 6.92 Å². The molecule has 3 N–H and O–H groups in total. The van der Waals surface area contributed by atoms with Crippen molar-refractivity contribution in [1.82, 2.24) is 0 Å². The van der Waals surface area contributed by atoms with Crippen LogP contribution in [0, 0.1) is 28.1 Å². The molecule has 6 fully saturated rings. The van der Waals surface area contributed by atoms with Gasteiger partial charge in [0.2, 0.25) is 11.9 Å². The lowest BCUT2D eigenvalue weighted by Gasteiger charge is -2.47. The first-order valence-corrected chi connectivity index (χ1v) is 10.3. The van der Waals surface area contributed by atoms with Crippen molar-refractivity contribution in [2.75, 3.05) is 0 Å². The number of esters is 3. The van der Waals surface area contributed by atoms with Gasteiger partial charge in [-0.25, -0.2) is 14.0 Å². The zero-order chi connectivity index (χ0) is 22.7. The Kier molecular flexibility index (Phi) is 3.14. The van der Waals surface area contributed by atoms with Crippen molar-refractivity contribution in [3.8, 4) is 0 Å². The Morgan fingerprint density at radius 3 is 2.26 bits per heavy atom. The van der Waals surface area contributed by atoms with Gasteiger partial charge in [0.1, 0.15) is 18.4 Å². The van der Waals surface area contributed by atoms with E-state index < -0.39 is 94.1 Å². The van der Waals surface area contributed by atoms with E-state index in [4.69, 9.17) is 18.9 Å². The Hall–Kier alpha value is -1.82. The molecular formula is C20H23FO10. The maximum Gasteiger partial charge on any atom is 0.343 e. The minimum absolute atomic E-state index is 0.874. The summed E-state index contributed by atoms with van der Waals surface area (Å²) in [5, 5.41) is 34.5. The predicted octanol–water partition coefficient (Wildman–Crippen LogP) is -1.42. The Balaban J connectivity index is 1.75. The molecule has 12 atom stereocenters. The molecule has 0 radical (unpaired) electrons. The lowest BCUT2D eigenvalue weighted by atomic mass is 9.51. The van der Waals surface area contributed by atoms with E-state index in [2.05, 4.69) is 0 Å². The van der Waals surface area contributed by atoms with Crippen molar-refractivity contribution in [1.29, 1.82) is 0 Å². The highest BCUT2D eigenvalue weighted by atomic mass is 19.1. The number of ether oxygens (including phenoxy) is 4. The Labute approximate surface area is 175 Å². The minimum Gasteiger partial charge on any atom is -0.456 e. The molecule has 2 spiro atoms. The molecule has 170 valence electrons. The maximum atomic E-state index is 16.2. The molecule has 2 saturated carbocycles. The standard InChI is InChI=1S/C20H23FO10/c1-5-12(24)28-11-8(22)18-10-6(21)7(16(2,3)4)17(18)9(23)13(25)30-15(17)31-20(18,14(26)29-10)19(5,11)27/h5-11,15,22-23,27H,1-4H3/t5-,6+,7+,8+,9+,10-,11+,15+,17-,18+,19-,20-/m1/s1. The average molecular weight is 442 g/mol. The number of aliphatic hydroxyl groups is 3. The molecule has 0 amide bonds. The normalized spacial score (nSPS) is 61.0. The van der Waals surface area contributed by atoms with Gasteiger partial charge >= 0.3 is 17.9 Å². The molecule has 6 rings (SSSR count). The molecule has 2 aliphatic carbocycles. The van der Waals surface area contributed by atoms with E-state index in [0.29, 0.717) is 0 Å². The van der Waals surface area contributed by atoms with E-state index in [9.17, 15) is 29.7 Å². The number of carbonyl (C=O) groups is 3. The summed E-state index contributed by atoms with van der Waals surface area (Å²) in [6.07, 6.45) is -10.7. The number of hydrogen-bond donors (Lipinski definition) is 3. The topological polar surface area (TPSA) is 149 Å². The number of fused-ring (bicyclic) bond motifs is 1. The maximum absolute atomic E-state index is 16.2. The van der Waals surface area contributed by atoms with E-state index >= 15 is 4.39 Å². The fourth-order valence-electron chi connectivity index (χ4n) is 8.19. The molecule has 6 aliphatic rings. The summed E-state index contributed by atoms with van der Waals surface area (Å²) in [6, 6.07) is 0. The van der Waals surface area contributed by atoms with Gasteiger partial charge in [-0.15, -0.1) is 0 Å². The molecule has 0 unspecified atom stereocenters. The first-order chi connectivity index (χ1) is 14.3. The van der Waals surface area contributed by atoms with E-state index in [0.717, 1.165) is 0 Å². The van der Waals surface area contributed by atoms with Gasteiger partial charge in [0.25, 0.3) is 0 Å². The predicted molar refractivity (Wildman–Crippen MR) is 92.3 cm³/mol. The highest BCUT2D eigenvalue weighted by molar-refractivity contribution is 5.94. The Morgan fingerprint density at radius 1 is 1.00 bits per heavy atom. The van der Waals surface area contributed by atoms with Crippen LogP contribution in [0.3, 0.4) is 0 Å². The third-order valence-electron chi connectivity index (χ3n) is 8.91. The van der Waals surface area contributed by atoms with Crippen molar-refractivity contribution >= 4 is 17.9 Å². The lowest BCUT2D eigenvalue weighted by Crippen LogP contribution is -2.67. The monoisotopic (exact) mass is 442 g/mol.